The van der Waals surface area contributed by atoms with E-state index in [0.29, 0.717) is 9.87 Å². The minimum Gasteiger partial charge on any atom is -0.464 e. The van der Waals surface area contributed by atoms with Gasteiger partial charge < -0.3 is 4.74 Å². The Kier molecular flexibility index (Phi) is 4.11. The Bertz CT molecular complexity index is 892. The van der Waals surface area contributed by atoms with Crippen LogP contribution in [0, 0.1) is 0 Å². The Hall–Kier alpha value is -2.67. The van der Waals surface area contributed by atoms with Crippen LogP contribution in [0.1, 0.15) is 28.9 Å². The third-order valence-electron chi connectivity index (χ3n) is 3.71. The van der Waals surface area contributed by atoms with Crippen molar-refractivity contribution in [3.63, 3.8) is 0 Å². The molecule has 0 fully saturated rings. The predicted octanol–water partition coefficient (Wildman–Crippen LogP) is 2.14. The number of rotatable bonds is 4. The highest BCUT2D eigenvalue weighted by Gasteiger charge is 2.48. The molecule has 2 aromatic rings. The second-order valence-electron chi connectivity index (χ2n) is 5.17. The molecule has 1 unspecified atom stereocenters. The van der Waals surface area contributed by atoms with Crippen LogP contribution in [-0.2, 0) is 19.6 Å². The fourth-order valence-electron chi connectivity index (χ4n) is 2.68. The smallest absolute Gasteiger partial charge is 0.334 e. The van der Waals surface area contributed by atoms with Gasteiger partial charge in [0.25, 0.3) is 15.9 Å². The van der Waals surface area contributed by atoms with Gasteiger partial charge in [-0.1, -0.05) is 42.5 Å². The lowest BCUT2D eigenvalue weighted by Gasteiger charge is -2.25. The van der Waals surface area contributed by atoms with Crippen LogP contribution in [0.2, 0.25) is 0 Å². The van der Waals surface area contributed by atoms with E-state index in [1.54, 1.807) is 43.3 Å². The summed E-state index contributed by atoms with van der Waals surface area (Å²) in [6.45, 7) is 1.70. The number of esters is 1. The molecule has 2 aromatic carbocycles. The largest absolute Gasteiger partial charge is 0.464 e. The summed E-state index contributed by atoms with van der Waals surface area (Å²) in [5.74, 6) is -1.51. The van der Waals surface area contributed by atoms with Gasteiger partial charge in [0, 0.05) is 0 Å². The number of nitrogens with zero attached hydrogens (tertiary/aromatic N) is 1. The highest BCUT2D eigenvalue weighted by Crippen LogP contribution is 2.37. The molecule has 24 heavy (non-hydrogen) atoms. The van der Waals surface area contributed by atoms with Gasteiger partial charge in [-0.2, -0.15) is 0 Å². The first kappa shape index (κ1) is 16.2. The maximum Gasteiger partial charge on any atom is 0.334 e. The van der Waals surface area contributed by atoms with E-state index in [4.69, 9.17) is 4.74 Å². The lowest BCUT2D eigenvalue weighted by atomic mass is 10.1. The molecule has 6 nitrogen and oxygen atoms in total. The number of fused-ring (bicyclic) bond motifs is 1. The van der Waals surface area contributed by atoms with Gasteiger partial charge in [-0.25, -0.2) is 17.5 Å². The first-order chi connectivity index (χ1) is 11.5. The Morgan fingerprint density at radius 3 is 2.33 bits per heavy atom. The van der Waals surface area contributed by atoms with Crippen molar-refractivity contribution in [2.45, 2.75) is 17.9 Å². The second kappa shape index (κ2) is 6.09. The molecule has 1 aliphatic heterocycles. The number of carbonyl (C=O) groups is 2. The number of hydrogen-bond acceptors (Lipinski definition) is 5. The van der Waals surface area contributed by atoms with E-state index in [2.05, 4.69) is 0 Å². The maximum absolute atomic E-state index is 12.8. The second-order valence-corrected chi connectivity index (χ2v) is 6.95. The Morgan fingerprint density at radius 1 is 1.08 bits per heavy atom. The van der Waals surface area contributed by atoms with E-state index in [9.17, 15) is 18.0 Å². The van der Waals surface area contributed by atoms with Crippen molar-refractivity contribution in [1.29, 1.82) is 0 Å². The van der Waals surface area contributed by atoms with Gasteiger partial charge in [0.2, 0.25) is 0 Å². The molecule has 0 aliphatic carbocycles. The lowest BCUT2D eigenvalue weighted by molar-refractivity contribution is -0.147. The molecule has 0 spiro atoms. The molecule has 1 aliphatic rings. The zero-order valence-corrected chi connectivity index (χ0v) is 13.7. The minimum absolute atomic E-state index is 0.0581. The molecule has 1 amide bonds. The summed E-state index contributed by atoms with van der Waals surface area (Å²) in [6, 6.07) is 12.8. The van der Waals surface area contributed by atoms with Crippen LogP contribution in [0.15, 0.2) is 59.5 Å². The highest BCUT2D eigenvalue weighted by atomic mass is 32.2. The number of benzene rings is 2. The predicted molar refractivity (Wildman–Crippen MR) is 85.6 cm³/mol. The first-order valence-electron chi connectivity index (χ1n) is 7.38. The number of amides is 1. The van der Waals surface area contributed by atoms with Gasteiger partial charge in [-0.3, -0.25) is 4.79 Å². The van der Waals surface area contributed by atoms with Crippen LogP contribution >= 0.6 is 0 Å². The monoisotopic (exact) mass is 345 g/mol. The van der Waals surface area contributed by atoms with Gasteiger partial charge in [-0.05, 0) is 24.6 Å². The van der Waals surface area contributed by atoms with Crippen LogP contribution in [0.3, 0.4) is 0 Å². The zero-order chi connectivity index (χ0) is 17.3. The van der Waals surface area contributed by atoms with Crippen molar-refractivity contribution in [2.75, 3.05) is 6.61 Å². The average molecular weight is 345 g/mol. The van der Waals surface area contributed by atoms with Crippen LogP contribution in [0.25, 0.3) is 0 Å². The Morgan fingerprint density at radius 2 is 1.71 bits per heavy atom. The fourth-order valence-corrected chi connectivity index (χ4v) is 4.38. The van der Waals surface area contributed by atoms with Crippen LogP contribution in [0.4, 0.5) is 0 Å². The molecule has 3 rings (SSSR count). The molecule has 0 radical (unpaired) electrons. The van der Waals surface area contributed by atoms with Crippen LogP contribution < -0.4 is 0 Å². The molecule has 0 bridgehead atoms. The molecule has 7 heteroatoms. The summed E-state index contributed by atoms with van der Waals surface area (Å²) in [5.41, 5.74) is 0.434. The van der Waals surface area contributed by atoms with Crippen molar-refractivity contribution < 1.29 is 22.7 Å². The SMILES string of the molecule is CCOC(=O)C(c1ccccc1)N1C(=O)c2ccccc2S1(=O)=O. The quantitative estimate of drug-likeness (QED) is 0.793. The van der Waals surface area contributed by atoms with E-state index in [1.165, 1.54) is 18.2 Å². The molecule has 1 heterocycles. The average Bonchev–Trinajstić information content (AvgIpc) is 2.78. The fraction of sp³-hybridized carbons (Fsp3) is 0.176. The molecule has 0 aromatic heterocycles. The normalized spacial score (nSPS) is 16.5. The van der Waals surface area contributed by atoms with Gasteiger partial charge >= 0.3 is 5.97 Å². The van der Waals surface area contributed by atoms with E-state index < -0.39 is 27.9 Å². The van der Waals surface area contributed by atoms with Gasteiger partial charge in [0.05, 0.1) is 12.2 Å². The molecule has 0 saturated heterocycles. The Labute approximate surface area is 139 Å². The summed E-state index contributed by atoms with van der Waals surface area (Å²) in [5, 5.41) is 0. The number of carbonyl (C=O) groups excluding carboxylic acids is 2. The van der Waals surface area contributed by atoms with E-state index >= 15 is 0 Å². The van der Waals surface area contributed by atoms with Gasteiger partial charge in [-0.15, -0.1) is 0 Å². The summed E-state index contributed by atoms with van der Waals surface area (Å²) in [4.78, 5) is 25.0. The molecule has 124 valence electrons. The van der Waals surface area contributed by atoms with Crippen LogP contribution in [0.5, 0.6) is 0 Å². The molecule has 0 saturated carbocycles. The third-order valence-corrected chi connectivity index (χ3v) is 5.52. The maximum atomic E-state index is 12.8. The van der Waals surface area contributed by atoms with Crippen molar-refractivity contribution >= 4 is 21.9 Å². The summed E-state index contributed by atoms with van der Waals surface area (Å²) in [6.07, 6.45) is 0. The van der Waals surface area contributed by atoms with Crippen molar-refractivity contribution in [3.8, 4) is 0 Å². The first-order valence-corrected chi connectivity index (χ1v) is 8.82. The zero-order valence-electron chi connectivity index (χ0n) is 12.9. The highest BCUT2D eigenvalue weighted by molar-refractivity contribution is 7.90. The molecule has 0 N–H and O–H groups in total. The molecular weight excluding hydrogens is 330 g/mol. The van der Waals surface area contributed by atoms with Crippen LogP contribution in [-0.4, -0.2) is 31.2 Å². The number of ether oxygens (including phenoxy) is 1. The summed E-state index contributed by atoms with van der Waals surface area (Å²) in [7, 11) is -4.12. The minimum atomic E-state index is -4.12. The third kappa shape index (κ3) is 2.46. The van der Waals surface area contributed by atoms with Gasteiger partial charge in [0.15, 0.2) is 6.04 Å². The number of hydrogen-bond donors (Lipinski definition) is 0. The number of sulfonamides is 1. The topological polar surface area (TPSA) is 80.8 Å². The van der Waals surface area contributed by atoms with Crippen molar-refractivity contribution in [1.82, 2.24) is 4.31 Å². The summed E-state index contributed by atoms with van der Waals surface area (Å²) < 4.78 is 31.3. The standard InChI is InChI=1S/C17H15NO5S/c1-2-23-17(20)15(12-8-4-3-5-9-12)18-16(19)13-10-6-7-11-14(13)24(18,21)22/h3-11,15H,2H2,1H3. The lowest BCUT2D eigenvalue weighted by Crippen LogP contribution is -2.39. The summed E-state index contributed by atoms with van der Waals surface area (Å²) >= 11 is 0. The van der Waals surface area contributed by atoms with Gasteiger partial charge in [0.1, 0.15) is 4.90 Å². The van der Waals surface area contributed by atoms with E-state index in [-0.39, 0.29) is 17.1 Å². The van der Waals surface area contributed by atoms with Crippen molar-refractivity contribution in [2.24, 2.45) is 0 Å². The molecular formula is C17H15NO5S. The van der Waals surface area contributed by atoms with Crippen molar-refractivity contribution in [3.05, 3.63) is 65.7 Å². The Balaban J connectivity index is 2.16. The van der Waals surface area contributed by atoms with E-state index in [1.807, 2.05) is 0 Å². The molecule has 1 atom stereocenters. The van der Waals surface area contributed by atoms with E-state index in [0.717, 1.165) is 0 Å².